The molecule has 10 heteroatoms. The van der Waals surface area contributed by atoms with Gasteiger partial charge in [0.15, 0.2) is 11.0 Å². The summed E-state index contributed by atoms with van der Waals surface area (Å²) in [4.78, 5) is 12.1. The standard InChI is InChI=1S/C22H26N4O4S2/c1-5-25(6-2)32(28,29)19-14-10-11-17(15-19)20-23-24-22(31-16(3)21(27)30-4)26(20)18-12-8-7-9-13-18/h7-16H,5-6H2,1-4H3/t16-/m1/s1. The second-order valence-corrected chi connectivity index (χ2v) is 10.1. The molecule has 0 amide bonds. The Hall–Kier alpha value is -2.69. The topological polar surface area (TPSA) is 94.4 Å². The summed E-state index contributed by atoms with van der Waals surface area (Å²) < 4.78 is 34.1. The normalized spacial score (nSPS) is 12.7. The van der Waals surface area contributed by atoms with Gasteiger partial charge in [0.25, 0.3) is 0 Å². The van der Waals surface area contributed by atoms with Crippen molar-refractivity contribution < 1.29 is 17.9 Å². The molecule has 0 spiro atoms. The van der Waals surface area contributed by atoms with E-state index in [2.05, 4.69) is 10.2 Å². The summed E-state index contributed by atoms with van der Waals surface area (Å²) in [5.74, 6) is 0.110. The molecule has 3 aromatic rings. The molecule has 8 nitrogen and oxygen atoms in total. The van der Waals surface area contributed by atoms with E-state index >= 15 is 0 Å². The molecule has 0 saturated heterocycles. The van der Waals surface area contributed by atoms with E-state index in [-0.39, 0.29) is 10.9 Å². The molecule has 0 saturated carbocycles. The Morgan fingerprint density at radius 3 is 2.41 bits per heavy atom. The number of thioether (sulfide) groups is 1. The molecule has 0 aliphatic rings. The lowest BCUT2D eigenvalue weighted by Gasteiger charge is -2.19. The molecule has 0 radical (unpaired) electrons. The van der Waals surface area contributed by atoms with Crippen molar-refractivity contribution in [2.24, 2.45) is 0 Å². The van der Waals surface area contributed by atoms with E-state index in [1.165, 1.54) is 23.2 Å². The van der Waals surface area contributed by atoms with Gasteiger partial charge in [0.1, 0.15) is 5.25 Å². The third kappa shape index (κ3) is 4.87. The number of aromatic nitrogens is 3. The first-order valence-electron chi connectivity index (χ1n) is 10.2. The number of rotatable bonds is 9. The minimum Gasteiger partial charge on any atom is -0.468 e. The van der Waals surface area contributed by atoms with E-state index in [0.29, 0.717) is 29.6 Å². The number of para-hydroxylation sites is 1. The van der Waals surface area contributed by atoms with Gasteiger partial charge in [0.05, 0.1) is 12.0 Å². The van der Waals surface area contributed by atoms with Crippen LogP contribution >= 0.6 is 11.8 Å². The molecular weight excluding hydrogens is 448 g/mol. The molecule has 0 aliphatic carbocycles. The predicted octanol–water partition coefficient (Wildman–Crippen LogP) is 3.62. The van der Waals surface area contributed by atoms with Gasteiger partial charge in [0, 0.05) is 24.3 Å². The summed E-state index contributed by atoms with van der Waals surface area (Å²) in [6.07, 6.45) is 0. The van der Waals surface area contributed by atoms with Crippen LogP contribution in [0.4, 0.5) is 0 Å². The number of hydrogen-bond acceptors (Lipinski definition) is 7. The van der Waals surface area contributed by atoms with Gasteiger partial charge in [-0.2, -0.15) is 4.31 Å². The molecule has 1 aromatic heterocycles. The van der Waals surface area contributed by atoms with E-state index < -0.39 is 15.3 Å². The summed E-state index contributed by atoms with van der Waals surface area (Å²) in [5, 5.41) is 8.64. The maximum atomic E-state index is 13.0. The summed E-state index contributed by atoms with van der Waals surface area (Å²) in [5.41, 5.74) is 1.40. The highest BCUT2D eigenvalue weighted by Crippen LogP contribution is 2.31. The van der Waals surface area contributed by atoms with Crippen LogP contribution in [-0.4, -0.2) is 58.9 Å². The molecule has 32 heavy (non-hydrogen) atoms. The Kier molecular flexibility index (Phi) is 7.70. The zero-order valence-corrected chi connectivity index (χ0v) is 20.1. The predicted molar refractivity (Wildman–Crippen MR) is 124 cm³/mol. The molecule has 3 rings (SSSR count). The molecule has 2 aromatic carbocycles. The average molecular weight is 475 g/mol. The van der Waals surface area contributed by atoms with E-state index in [9.17, 15) is 13.2 Å². The van der Waals surface area contributed by atoms with Crippen LogP contribution in [0.3, 0.4) is 0 Å². The van der Waals surface area contributed by atoms with Crippen LogP contribution in [0.15, 0.2) is 64.6 Å². The number of nitrogens with zero attached hydrogens (tertiary/aromatic N) is 4. The van der Waals surface area contributed by atoms with Crippen molar-refractivity contribution in [2.75, 3.05) is 20.2 Å². The zero-order valence-electron chi connectivity index (χ0n) is 18.4. The van der Waals surface area contributed by atoms with Gasteiger partial charge in [-0.3, -0.25) is 9.36 Å². The fraction of sp³-hybridized carbons (Fsp3) is 0.318. The van der Waals surface area contributed by atoms with E-state index in [1.807, 2.05) is 48.7 Å². The smallest absolute Gasteiger partial charge is 0.318 e. The minimum atomic E-state index is -3.63. The summed E-state index contributed by atoms with van der Waals surface area (Å²) >= 11 is 1.22. The fourth-order valence-electron chi connectivity index (χ4n) is 3.22. The monoisotopic (exact) mass is 474 g/mol. The van der Waals surface area contributed by atoms with Crippen molar-refractivity contribution in [1.82, 2.24) is 19.1 Å². The van der Waals surface area contributed by atoms with Crippen molar-refractivity contribution >= 4 is 27.8 Å². The quantitative estimate of drug-likeness (QED) is 0.345. The number of carbonyl (C=O) groups is 1. The third-order valence-corrected chi connectivity index (χ3v) is 7.97. The van der Waals surface area contributed by atoms with Crippen LogP contribution in [0.25, 0.3) is 17.1 Å². The van der Waals surface area contributed by atoms with Crippen molar-refractivity contribution in [3.63, 3.8) is 0 Å². The number of benzene rings is 2. The van der Waals surface area contributed by atoms with Gasteiger partial charge in [-0.1, -0.05) is 55.9 Å². The van der Waals surface area contributed by atoms with Gasteiger partial charge >= 0.3 is 5.97 Å². The maximum absolute atomic E-state index is 13.0. The van der Waals surface area contributed by atoms with Crippen LogP contribution in [0, 0.1) is 0 Å². The molecule has 1 heterocycles. The molecule has 0 unspecified atom stereocenters. The van der Waals surface area contributed by atoms with Gasteiger partial charge in [0.2, 0.25) is 10.0 Å². The van der Waals surface area contributed by atoms with Crippen LogP contribution in [0.5, 0.6) is 0 Å². The highest BCUT2D eigenvalue weighted by molar-refractivity contribution is 8.00. The highest BCUT2D eigenvalue weighted by Gasteiger charge is 2.25. The van der Waals surface area contributed by atoms with Crippen LogP contribution in [0.2, 0.25) is 0 Å². The molecule has 0 fully saturated rings. The fourth-order valence-corrected chi connectivity index (χ4v) is 5.62. The molecule has 0 bridgehead atoms. The minimum absolute atomic E-state index is 0.193. The van der Waals surface area contributed by atoms with E-state index in [4.69, 9.17) is 4.74 Å². The van der Waals surface area contributed by atoms with Crippen molar-refractivity contribution in [1.29, 1.82) is 0 Å². The largest absolute Gasteiger partial charge is 0.468 e. The number of methoxy groups -OCH3 is 1. The first kappa shape index (κ1) is 24.0. The lowest BCUT2D eigenvalue weighted by Crippen LogP contribution is -2.30. The second-order valence-electron chi connectivity index (χ2n) is 6.88. The Morgan fingerprint density at radius 2 is 1.78 bits per heavy atom. The van der Waals surface area contributed by atoms with Crippen molar-refractivity contribution in [2.45, 2.75) is 36.1 Å². The number of sulfonamides is 1. The van der Waals surface area contributed by atoms with Gasteiger partial charge < -0.3 is 4.74 Å². The summed E-state index contributed by atoms with van der Waals surface area (Å²) in [7, 11) is -2.28. The summed E-state index contributed by atoms with van der Waals surface area (Å²) in [6, 6.07) is 16.1. The number of hydrogen-bond donors (Lipinski definition) is 0. The molecule has 0 aliphatic heterocycles. The molecule has 170 valence electrons. The van der Waals surface area contributed by atoms with Crippen molar-refractivity contribution in [3.8, 4) is 17.1 Å². The lowest BCUT2D eigenvalue weighted by atomic mass is 10.2. The maximum Gasteiger partial charge on any atom is 0.318 e. The molecule has 0 N–H and O–H groups in total. The van der Waals surface area contributed by atoms with Crippen molar-refractivity contribution in [3.05, 3.63) is 54.6 Å². The Morgan fingerprint density at radius 1 is 1.09 bits per heavy atom. The SMILES string of the molecule is CCN(CC)S(=O)(=O)c1cccc(-c2nnc(S[C@H](C)C(=O)OC)n2-c2ccccc2)c1. The molecule has 1 atom stereocenters. The zero-order chi connectivity index (χ0) is 23.3. The number of carbonyl (C=O) groups excluding carboxylic acids is 1. The highest BCUT2D eigenvalue weighted by atomic mass is 32.2. The Balaban J connectivity index is 2.12. The van der Waals surface area contributed by atoms with E-state index in [0.717, 1.165) is 5.69 Å². The number of ether oxygens (including phenoxy) is 1. The second kappa shape index (κ2) is 10.3. The first-order valence-corrected chi connectivity index (χ1v) is 12.5. The molecular formula is C22H26N4O4S2. The summed E-state index contributed by atoms with van der Waals surface area (Å²) in [6.45, 7) is 6.12. The van der Waals surface area contributed by atoms with E-state index in [1.54, 1.807) is 31.2 Å². The Bertz CT molecular complexity index is 1180. The van der Waals surface area contributed by atoms with Crippen LogP contribution in [0.1, 0.15) is 20.8 Å². The van der Waals surface area contributed by atoms with Gasteiger partial charge in [-0.05, 0) is 31.2 Å². The van der Waals surface area contributed by atoms with Crippen LogP contribution in [-0.2, 0) is 19.6 Å². The number of esters is 1. The third-order valence-electron chi connectivity index (χ3n) is 4.90. The van der Waals surface area contributed by atoms with Gasteiger partial charge in [-0.25, -0.2) is 8.42 Å². The lowest BCUT2D eigenvalue weighted by molar-refractivity contribution is -0.139. The van der Waals surface area contributed by atoms with Crippen LogP contribution < -0.4 is 0 Å². The van der Waals surface area contributed by atoms with Gasteiger partial charge in [-0.15, -0.1) is 10.2 Å². The first-order chi connectivity index (χ1) is 15.3. The Labute approximate surface area is 192 Å². The average Bonchev–Trinajstić information content (AvgIpc) is 3.23.